The summed E-state index contributed by atoms with van der Waals surface area (Å²) in [6.07, 6.45) is 3.00. The first kappa shape index (κ1) is 15.9. The lowest BCUT2D eigenvalue weighted by atomic mass is 10.2. The largest absolute Gasteiger partial charge is 0.461 e. The summed E-state index contributed by atoms with van der Waals surface area (Å²) in [6, 6.07) is 0. The van der Waals surface area contributed by atoms with Gasteiger partial charge in [0.2, 0.25) is 0 Å². The molecule has 1 aromatic rings. The first-order valence-electron chi connectivity index (χ1n) is 7.45. The number of carbonyl (C=O) groups excluding carboxylic acids is 1. The van der Waals surface area contributed by atoms with Gasteiger partial charge < -0.3 is 14.2 Å². The average Bonchev–Trinajstić information content (AvgIpc) is 3.23. The number of nitrogens with zero attached hydrogens (tertiary/aromatic N) is 3. The standard InChI is InChI=1S/C14H23N3O4/c1-3-21-14(18)12-13(11-5-6-11)17(16-15-12)7-4-8-20-10-9-19-2/h11H,3-10H2,1-2H3. The summed E-state index contributed by atoms with van der Waals surface area (Å²) in [7, 11) is 1.65. The van der Waals surface area contributed by atoms with Crippen LogP contribution in [0, 0.1) is 0 Å². The van der Waals surface area contributed by atoms with Crippen LogP contribution in [0.25, 0.3) is 0 Å². The predicted molar refractivity (Wildman–Crippen MR) is 75.3 cm³/mol. The molecule has 0 N–H and O–H groups in total. The van der Waals surface area contributed by atoms with Gasteiger partial charge in [-0.15, -0.1) is 5.10 Å². The minimum Gasteiger partial charge on any atom is -0.461 e. The number of hydrogen-bond acceptors (Lipinski definition) is 6. The van der Waals surface area contributed by atoms with E-state index in [2.05, 4.69) is 10.3 Å². The molecule has 7 nitrogen and oxygen atoms in total. The van der Waals surface area contributed by atoms with Gasteiger partial charge in [0, 0.05) is 26.2 Å². The number of rotatable bonds is 10. The molecule has 1 aliphatic rings. The molecule has 1 aliphatic carbocycles. The first-order valence-corrected chi connectivity index (χ1v) is 7.45. The second-order valence-corrected chi connectivity index (χ2v) is 5.00. The van der Waals surface area contributed by atoms with E-state index in [1.807, 2.05) is 4.68 Å². The Morgan fingerprint density at radius 3 is 2.81 bits per heavy atom. The van der Waals surface area contributed by atoms with E-state index in [1.54, 1.807) is 14.0 Å². The molecule has 2 rings (SSSR count). The van der Waals surface area contributed by atoms with Crippen LogP contribution in [-0.4, -0.2) is 54.5 Å². The maximum Gasteiger partial charge on any atom is 0.360 e. The zero-order valence-corrected chi connectivity index (χ0v) is 12.7. The molecule has 0 amide bonds. The minimum absolute atomic E-state index is 0.350. The molecule has 0 atom stereocenters. The third kappa shape index (κ3) is 4.50. The van der Waals surface area contributed by atoms with E-state index in [4.69, 9.17) is 14.2 Å². The zero-order valence-electron chi connectivity index (χ0n) is 12.7. The smallest absolute Gasteiger partial charge is 0.360 e. The molecule has 0 radical (unpaired) electrons. The highest BCUT2D eigenvalue weighted by atomic mass is 16.5. The maximum absolute atomic E-state index is 11.9. The van der Waals surface area contributed by atoms with Crippen molar-refractivity contribution in [1.29, 1.82) is 0 Å². The molecule has 1 aromatic heterocycles. The lowest BCUT2D eigenvalue weighted by molar-refractivity contribution is 0.0518. The van der Waals surface area contributed by atoms with Gasteiger partial charge in [0.1, 0.15) is 0 Å². The van der Waals surface area contributed by atoms with Crippen LogP contribution in [0.5, 0.6) is 0 Å². The predicted octanol–water partition coefficient (Wildman–Crippen LogP) is 1.39. The summed E-state index contributed by atoms with van der Waals surface area (Å²) in [6.45, 7) is 4.67. The average molecular weight is 297 g/mol. The molecule has 1 heterocycles. The Kier molecular flexibility index (Phi) is 6.13. The summed E-state index contributed by atoms with van der Waals surface area (Å²) < 4.78 is 17.2. The fraction of sp³-hybridized carbons (Fsp3) is 0.786. The summed E-state index contributed by atoms with van der Waals surface area (Å²) in [5.41, 5.74) is 1.30. The van der Waals surface area contributed by atoms with Gasteiger partial charge in [0.15, 0.2) is 5.69 Å². The fourth-order valence-corrected chi connectivity index (χ4v) is 2.15. The van der Waals surface area contributed by atoms with Crippen molar-refractivity contribution in [3.63, 3.8) is 0 Å². The second-order valence-electron chi connectivity index (χ2n) is 5.00. The summed E-state index contributed by atoms with van der Waals surface area (Å²) >= 11 is 0. The number of ether oxygens (including phenoxy) is 3. The van der Waals surface area contributed by atoms with Gasteiger partial charge in [-0.2, -0.15) is 0 Å². The highest BCUT2D eigenvalue weighted by Crippen LogP contribution is 2.41. The molecule has 118 valence electrons. The van der Waals surface area contributed by atoms with Crippen LogP contribution in [-0.2, 0) is 20.8 Å². The minimum atomic E-state index is -0.373. The van der Waals surface area contributed by atoms with Gasteiger partial charge in [0.05, 0.1) is 25.5 Å². The Labute approximate surface area is 124 Å². The third-order valence-electron chi connectivity index (χ3n) is 3.30. The van der Waals surface area contributed by atoms with E-state index in [0.717, 1.165) is 25.0 Å². The number of aromatic nitrogens is 3. The lowest BCUT2D eigenvalue weighted by Crippen LogP contribution is -2.12. The van der Waals surface area contributed by atoms with Crippen molar-refractivity contribution in [2.24, 2.45) is 0 Å². The van der Waals surface area contributed by atoms with E-state index < -0.39 is 0 Å². The van der Waals surface area contributed by atoms with Gasteiger partial charge in [-0.25, -0.2) is 9.48 Å². The van der Waals surface area contributed by atoms with Gasteiger partial charge >= 0.3 is 5.97 Å². The van der Waals surface area contributed by atoms with E-state index in [1.165, 1.54) is 0 Å². The molecule has 1 saturated carbocycles. The van der Waals surface area contributed by atoms with E-state index in [-0.39, 0.29) is 5.97 Å². The number of esters is 1. The quantitative estimate of drug-likeness (QED) is 0.480. The molecular weight excluding hydrogens is 274 g/mol. The topological polar surface area (TPSA) is 75.5 Å². The molecule has 0 saturated heterocycles. The molecule has 0 aromatic carbocycles. The van der Waals surface area contributed by atoms with Crippen molar-refractivity contribution in [2.45, 2.75) is 38.6 Å². The normalized spacial score (nSPS) is 14.4. The number of aryl methyl sites for hydroxylation is 1. The zero-order chi connectivity index (χ0) is 15.1. The second kappa shape index (κ2) is 8.09. The Balaban J connectivity index is 1.89. The van der Waals surface area contributed by atoms with Crippen molar-refractivity contribution < 1.29 is 19.0 Å². The van der Waals surface area contributed by atoms with Crippen LogP contribution >= 0.6 is 0 Å². The summed E-state index contributed by atoms with van der Waals surface area (Å²) in [4.78, 5) is 11.9. The van der Waals surface area contributed by atoms with Gasteiger partial charge in [-0.3, -0.25) is 0 Å². The summed E-state index contributed by atoms with van der Waals surface area (Å²) in [5.74, 6) is 0.0239. The van der Waals surface area contributed by atoms with E-state index in [0.29, 0.717) is 44.6 Å². The number of methoxy groups -OCH3 is 1. The molecule has 0 spiro atoms. The van der Waals surface area contributed by atoms with Crippen LogP contribution in [0.3, 0.4) is 0 Å². The lowest BCUT2D eigenvalue weighted by Gasteiger charge is -2.07. The SMILES string of the molecule is CCOC(=O)c1nnn(CCCOCCOC)c1C1CC1. The van der Waals surface area contributed by atoms with Crippen molar-refractivity contribution in [1.82, 2.24) is 15.0 Å². The van der Waals surface area contributed by atoms with Crippen LogP contribution in [0.15, 0.2) is 0 Å². The molecular formula is C14H23N3O4. The molecule has 7 heteroatoms. The van der Waals surface area contributed by atoms with Crippen molar-refractivity contribution >= 4 is 5.97 Å². The summed E-state index contributed by atoms with van der Waals surface area (Å²) in [5, 5.41) is 8.10. The van der Waals surface area contributed by atoms with Crippen LogP contribution in [0.1, 0.15) is 48.3 Å². The third-order valence-corrected chi connectivity index (χ3v) is 3.30. The van der Waals surface area contributed by atoms with Crippen LogP contribution in [0.2, 0.25) is 0 Å². The van der Waals surface area contributed by atoms with Crippen LogP contribution in [0.4, 0.5) is 0 Å². The van der Waals surface area contributed by atoms with Crippen molar-refractivity contribution in [3.05, 3.63) is 11.4 Å². The Hall–Kier alpha value is -1.47. The van der Waals surface area contributed by atoms with Gasteiger partial charge in [0.25, 0.3) is 0 Å². The van der Waals surface area contributed by atoms with E-state index in [9.17, 15) is 4.79 Å². The number of hydrogen-bond donors (Lipinski definition) is 0. The number of carbonyl (C=O) groups is 1. The highest BCUT2D eigenvalue weighted by molar-refractivity contribution is 5.88. The maximum atomic E-state index is 11.9. The molecule has 1 fully saturated rings. The Bertz CT molecular complexity index is 457. The molecule has 0 unspecified atom stereocenters. The van der Waals surface area contributed by atoms with Gasteiger partial charge in [-0.05, 0) is 26.2 Å². The van der Waals surface area contributed by atoms with Gasteiger partial charge in [-0.1, -0.05) is 5.21 Å². The molecule has 0 aliphatic heterocycles. The highest BCUT2D eigenvalue weighted by Gasteiger charge is 2.34. The first-order chi connectivity index (χ1) is 10.3. The monoisotopic (exact) mass is 297 g/mol. The Morgan fingerprint density at radius 1 is 1.33 bits per heavy atom. The van der Waals surface area contributed by atoms with E-state index >= 15 is 0 Å². The van der Waals surface area contributed by atoms with Crippen molar-refractivity contribution in [2.75, 3.05) is 33.5 Å². The fourth-order valence-electron chi connectivity index (χ4n) is 2.15. The molecule has 21 heavy (non-hydrogen) atoms. The van der Waals surface area contributed by atoms with Crippen molar-refractivity contribution in [3.8, 4) is 0 Å². The Morgan fingerprint density at radius 2 is 2.14 bits per heavy atom. The van der Waals surface area contributed by atoms with Crippen LogP contribution < -0.4 is 0 Å². The molecule has 0 bridgehead atoms.